The van der Waals surface area contributed by atoms with E-state index in [1.54, 1.807) is 0 Å². The first kappa shape index (κ1) is 7.87. The lowest BCUT2D eigenvalue weighted by Crippen LogP contribution is -2.14. The summed E-state index contributed by atoms with van der Waals surface area (Å²) in [6.07, 6.45) is 2.39. The first-order chi connectivity index (χ1) is 5.81. The van der Waals surface area contributed by atoms with Crippen molar-refractivity contribution in [3.8, 4) is 0 Å². The standard InChI is InChI=1S/C10H12BN.H2/c1-12-10-5-3-7-2-4-8(11)6-9(7)10;/h2,4,6,10,12H,3,5H2,1H3;1H/t10-;/m1./s1. The van der Waals surface area contributed by atoms with Gasteiger partial charge in [-0.05, 0) is 31.0 Å². The highest BCUT2D eigenvalue weighted by Crippen LogP contribution is 2.29. The largest absolute Gasteiger partial charge is 0.313 e. The van der Waals surface area contributed by atoms with Crippen LogP contribution in [0.2, 0.25) is 0 Å². The van der Waals surface area contributed by atoms with Crippen molar-refractivity contribution in [2.24, 2.45) is 0 Å². The fourth-order valence-corrected chi connectivity index (χ4v) is 1.92. The maximum Gasteiger partial charge on any atom is 0.113 e. The van der Waals surface area contributed by atoms with Crippen LogP contribution in [0.4, 0.5) is 0 Å². The van der Waals surface area contributed by atoms with Gasteiger partial charge >= 0.3 is 0 Å². The van der Waals surface area contributed by atoms with Crippen LogP contribution in [-0.2, 0) is 6.42 Å². The molecular formula is C10H14BN. The Balaban J connectivity index is 0.000000845. The molecule has 12 heavy (non-hydrogen) atoms. The van der Waals surface area contributed by atoms with Crippen LogP contribution < -0.4 is 10.8 Å². The van der Waals surface area contributed by atoms with Gasteiger partial charge in [0.05, 0.1) is 0 Å². The van der Waals surface area contributed by atoms with Gasteiger partial charge in [-0.1, -0.05) is 23.7 Å². The molecule has 1 aromatic rings. The molecule has 0 saturated carbocycles. The topological polar surface area (TPSA) is 12.0 Å². The Kier molecular flexibility index (Phi) is 1.93. The first-order valence-corrected chi connectivity index (χ1v) is 4.37. The molecule has 0 heterocycles. The molecule has 62 valence electrons. The van der Waals surface area contributed by atoms with E-state index in [9.17, 15) is 0 Å². The van der Waals surface area contributed by atoms with Gasteiger partial charge in [-0.3, -0.25) is 0 Å². The minimum absolute atomic E-state index is 0. The van der Waals surface area contributed by atoms with Gasteiger partial charge in [-0.25, -0.2) is 0 Å². The number of benzene rings is 1. The van der Waals surface area contributed by atoms with Gasteiger partial charge < -0.3 is 5.32 Å². The average Bonchev–Trinajstić information content (AvgIpc) is 2.46. The molecule has 2 heteroatoms. The summed E-state index contributed by atoms with van der Waals surface area (Å²) < 4.78 is 0. The zero-order valence-corrected chi connectivity index (χ0v) is 7.30. The van der Waals surface area contributed by atoms with Crippen molar-refractivity contribution in [2.75, 3.05) is 7.05 Å². The second-order valence-corrected chi connectivity index (χ2v) is 3.34. The Morgan fingerprint density at radius 2 is 2.42 bits per heavy atom. The minimum Gasteiger partial charge on any atom is -0.313 e. The molecule has 0 fully saturated rings. The van der Waals surface area contributed by atoms with Crippen molar-refractivity contribution in [1.82, 2.24) is 5.32 Å². The third kappa shape index (κ3) is 1.16. The Morgan fingerprint density at radius 3 is 3.17 bits per heavy atom. The highest BCUT2D eigenvalue weighted by Gasteiger charge is 2.19. The molecule has 0 saturated heterocycles. The molecule has 0 aromatic heterocycles. The highest BCUT2D eigenvalue weighted by atomic mass is 14.9. The molecule has 2 radical (unpaired) electrons. The molecule has 2 rings (SSSR count). The summed E-state index contributed by atoms with van der Waals surface area (Å²) in [6.45, 7) is 0. The number of rotatable bonds is 1. The van der Waals surface area contributed by atoms with Crippen molar-refractivity contribution in [1.29, 1.82) is 0 Å². The van der Waals surface area contributed by atoms with E-state index in [0.29, 0.717) is 6.04 Å². The van der Waals surface area contributed by atoms with Crippen molar-refractivity contribution >= 4 is 13.3 Å². The summed E-state index contributed by atoms with van der Waals surface area (Å²) >= 11 is 0. The van der Waals surface area contributed by atoms with Gasteiger partial charge in [-0.15, -0.1) is 0 Å². The van der Waals surface area contributed by atoms with Crippen LogP contribution in [-0.4, -0.2) is 14.9 Å². The van der Waals surface area contributed by atoms with E-state index in [2.05, 4.69) is 17.4 Å². The number of aryl methyl sites for hydroxylation is 1. The van der Waals surface area contributed by atoms with E-state index in [-0.39, 0.29) is 1.43 Å². The molecule has 0 aliphatic heterocycles. The molecule has 0 unspecified atom stereocenters. The van der Waals surface area contributed by atoms with Gasteiger partial charge in [0.25, 0.3) is 0 Å². The van der Waals surface area contributed by atoms with Crippen LogP contribution in [0, 0.1) is 0 Å². The highest BCUT2D eigenvalue weighted by molar-refractivity contribution is 6.32. The van der Waals surface area contributed by atoms with E-state index in [0.717, 1.165) is 5.46 Å². The van der Waals surface area contributed by atoms with Crippen LogP contribution in [0.1, 0.15) is 25.0 Å². The summed E-state index contributed by atoms with van der Waals surface area (Å²) in [5.41, 5.74) is 3.71. The molecule has 1 atom stereocenters. The predicted molar refractivity (Wildman–Crippen MR) is 54.1 cm³/mol. The number of hydrogen-bond acceptors (Lipinski definition) is 1. The maximum absolute atomic E-state index is 5.72. The van der Waals surface area contributed by atoms with Gasteiger partial charge in [0.15, 0.2) is 0 Å². The van der Waals surface area contributed by atoms with E-state index in [4.69, 9.17) is 7.85 Å². The number of nitrogens with one attached hydrogen (secondary N) is 1. The lowest BCUT2D eigenvalue weighted by Gasteiger charge is -2.10. The maximum atomic E-state index is 5.72. The van der Waals surface area contributed by atoms with Crippen LogP contribution in [0.15, 0.2) is 18.2 Å². The quantitative estimate of drug-likeness (QED) is 0.601. The fraction of sp³-hybridized carbons (Fsp3) is 0.400. The molecule has 1 aliphatic carbocycles. The molecular weight excluding hydrogens is 145 g/mol. The van der Waals surface area contributed by atoms with E-state index >= 15 is 0 Å². The Labute approximate surface area is 76.1 Å². The molecule has 0 bridgehead atoms. The van der Waals surface area contributed by atoms with Crippen molar-refractivity contribution in [2.45, 2.75) is 18.9 Å². The molecule has 1 N–H and O–H groups in total. The zero-order valence-electron chi connectivity index (χ0n) is 7.30. The van der Waals surface area contributed by atoms with Gasteiger partial charge in [0.1, 0.15) is 7.85 Å². The van der Waals surface area contributed by atoms with Crippen LogP contribution >= 0.6 is 0 Å². The summed E-state index contributed by atoms with van der Waals surface area (Å²) in [5.74, 6) is 0. The normalized spacial score (nSPS) is 20.9. The van der Waals surface area contributed by atoms with Crippen molar-refractivity contribution in [3.63, 3.8) is 0 Å². The number of hydrogen-bond donors (Lipinski definition) is 1. The van der Waals surface area contributed by atoms with Gasteiger partial charge in [0.2, 0.25) is 0 Å². The van der Waals surface area contributed by atoms with E-state index in [1.807, 2.05) is 13.1 Å². The summed E-state index contributed by atoms with van der Waals surface area (Å²) in [5, 5.41) is 3.29. The Bertz CT molecular complexity index is 301. The van der Waals surface area contributed by atoms with Gasteiger partial charge in [-0.2, -0.15) is 0 Å². The minimum atomic E-state index is 0. The number of fused-ring (bicyclic) bond motifs is 1. The molecule has 0 amide bonds. The molecule has 1 nitrogen and oxygen atoms in total. The van der Waals surface area contributed by atoms with Crippen LogP contribution in [0.3, 0.4) is 0 Å². The Hall–Kier alpha value is -0.755. The Morgan fingerprint density at radius 1 is 1.58 bits per heavy atom. The lowest BCUT2D eigenvalue weighted by atomic mass is 9.92. The molecule has 1 aliphatic rings. The second kappa shape index (κ2) is 2.94. The lowest BCUT2D eigenvalue weighted by molar-refractivity contribution is 0.591. The molecule has 1 aromatic carbocycles. The summed E-state index contributed by atoms with van der Waals surface area (Å²) in [6, 6.07) is 6.73. The van der Waals surface area contributed by atoms with Crippen molar-refractivity contribution in [3.05, 3.63) is 29.3 Å². The predicted octanol–water partition coefficient (Wildman–Crippen LogP) is 0.933. The third-order valence-electron chi connectivity index (χ3n) is 2.60. The monoisotopic (exact) mass is 159 g/mol. The van der Waals surface area contributed by atoms with Crippen LogP contribution in [0.25, 0.3) is 0 Å². The molecule has 0 spiro atoms. The SMILES string of the molecule is [B]c1ccc2c(c1)[C@H](NC)CC2.[HH]. The average molecular weight is 159 g/mol. The first-order valence-electron chi connectivity index (χ1n) is 4.37. The second-order valence-electron chi connectivity index (χ2n) is 3.34. The fourth-order valence-electron chi connectivity index (χ4n) is 1.92. The zero-order chi connectivity index (χ0) is 8.55. The van der Waals surface area contributed by atoms with E-state index < -0.39 is 0 Å². The summed E-state index contributed by atoms with van der Waals surface area (Å²) in [4.78, 5) is 0. The van der Waals surface area contributed by atoms with E-state index in [1.165, 1.54) is 24.0 Å². The third-order valence-corrected chi connectivity index (χ3v) is 2.60. The summed E-state index contributed by atoms with van der Waals surface area (Å²) in [7, 11) is 7.72. The van der Waals surface area contributed by atoms with Crippen LogP contribution in [0.5, 0.6) is 0 Å². The van der Waals surface area contributed by atoms with Gasteiger partial charge in [0, 0.05) is 7.47 Å². The smallest absolute Gasteiger partial charge is 0.113 e. The van der Waals surface area contributed by atoms with Crippen molar-refractivity contribution < 1.29 is 1.43 Å².